The second-order valence-electron chi connectivity index (χ2n) is 10.7. The summed E-state index contributed by atoms with van der Waals surface area (Å²) in [5, 5.41) is 9.21. The number of aliphatic imine (C=N–C) groups is 1. The molecule has 1 atom stereocenters. The first-order chi connectivity index (χ1) is 17.5. The number of esters is 1. The van der Waals surface area contributed by atoms with E-state index in [1.807, 2.05) is 27.7 Å². The second-order valence-corrected chi connectivity index (χ2v) is 10.7. The lowest BCUT2D eigenvalue weighted by atomic mass is 10.1. The Balaban J connectivity index is 0.00000722. The summed E-state index contributed by atoms with van der Waals surface area (Å²) >= 11 is 0. The van der Waals surface area contributed by atoms with Crippen molar-refractivity contribution in [3.8, 4) is 0 Å². The van der Waals surface area contributed by atoms with Crippen LogP contribution in [-0.2, 0) is 27.2 Å². The van der Waals surface area contributed by atoms with Crippen LogP contribution in [0, 0.1) is 0 Å². The van der Waals surface area contributed by atoms with Gasteiger partial charge < -0.3 is 25.6 Å². The van der Waals surface area contributed by atoms with Crippen LogP contribution >= 0.6 is 0 Å². The van der Waals surface area contributed by atoms with Crippen molar-refractivity contribution in [3.63, 3.8) is 0 Å². The number of nitrogens with one attached hydrogen (secondary N) is 3. The molecule has 0 bridgehead atoms. The minimum absolute atomic E-state index is 0. The first kappa shape index (κ1) is 30.3. The molecule has 37 heavy (non-hydrogen) atoms. The molecule has 0 aliphatic carbocycles. The summed E-state index contributed by atoms with van der Waals surface area (Å²) < 4.78 is 5.60. The van der Waals surface area contributed by atoms with E-state index in [0.717, 1.165) is 62.4 Å². The number of amides is 1. The number of anilines is 1. The Bertz CT molecular complexity index is 936. The smallest absolute Gasteiger partial charge is 0.331 e. The minimum Gasteiger partial charge on any atom is -0.458 e. The molecule has 0 unspecified atom stereocenters. The van der Waals surface area contributed by atoms with Crippen molar-refractivity contribution >= 4 is 24.0 Å². The zero-order chi connectivity index (χ0) is 27.3. The molecule has 1 aliphatic heterocycles. The highest BCUT2D eigenvalue weighted by molar-refractivity contribution is 5.78. The van der Waals surface area contributed by atoms with Crippen LogP contribution in [0.3, 0.4) is 0 Å². The number of allylic oxidation sites excluding steroid dienone is 1. The highest BCUT2D eigenvalue weighted by Gasteiger charge is 2.25. The van der Waals surface area contributed by atoms with Gasteiger partial charge >= 0.3 is 5.97 Å². The highest BCUT2D eigenvalue weighted by atomic mass is 16.6. The van der Waals surface area contributed by atoms with Crippen LogP contribution in [0.4, 0.5) is 5.82 Å². The van der Waals surface area contributed by atoms with Gasteiger partial charge in [-0.15, -0.1) is 0 Å². The third-order valence-electron chi connectivity index (χ3n) is 5.87. The number of carbonyl (C=O) groups is 2. The number of hydrogen-bond acceptors (Lipinski definition) is 7. The summed E-state index contributed by atoms with van der Waals surface area (Å²) in [7, 11) is 0. The zero-order valence-corrected chi connectivity index (χ0v) is 23.4. The average molecular weight is 519 g/mol. The fourth-order valence-corrected chi connectivity index (χ4v) is 4.04. The van der Waals surface area contributed by atoms with Crippen molar-refractivity contribution < 1.29 is 17.2 Å². The van der Waals surface area contributed by atoms with Gasteiger partial charge in [0, 0.05) is 47.3 Å². The maximum absolute atomic E-state index is 12.8. The predicted octanol–water partition coefficient (Wildman–Crippen LogP) is 3.94. The van der Waals surface area contributed by atoms with Crippen molar-refractivity contribution in [1.29, 1.82) is 0 Å². The monoisotopic (exact) mass is 518 g/mol. The molecule has 0 saturated heterocycles. The van der Waals surface area contributed by atoms with Gasteiger partial charge in [-0.3, -0.25) is 9.79 Å². The van der Waals surface area contributed by atoms with Gasteiger partial charge in [-0.05, 0) is 84.4 Å². The summed E-state index contributed by atoms with van der Waals surface area (Å²) in [5.41, 5.74) is 2.58. The Labute approximate surface area is 225 Å². The summed E-state index contributed by atoms with van der Waals surface area (Å²) in [4.78, 5) is 35.7. The van der Waals surface area contributed by atoms with E-state index in [1.165, 1.54) is 18.8 Å². The van der Waals surface area contributed by atoms with E-state index in [4.69, 9.17) is 9.72 Å². The molecule has 0 fully saturated rings. The molecular weight excluding hydrogens is 468 g/mol. The summed E-state index contributed by atoms with van der Waals surface area (Å²) in [5.74, 6) is 0.644. The van der Waals surface area contributed by atoms with Gasteiger partial charge in [0.05, 0.1) is 6.34 Å². The van der Waals surface area contributed by atoms with E-state index in [9.17, 15) is 9.59 Å². The number of unbranched alkanes of at least 4 members (excludes halogenated alkanes) is 1. The van der Waals surface area contributed by atoms with Crippen LogP contribution in [-0.4, -0.2) is 72.5 Å². The molecule has 1 aromatic rings. The van der Waals surface area contributed by atoms with Gasteiger partial charge in [0.15, 0.2) is 6.04 Å². The number of aromatic nitrogens is 1. The fourth-order valence-electron chi connectivity index (χ4n) is 4.04. The molecule has 0 spiro atoms. The molecule has 1 amide bonds. The van der Waals surface area contributed by atoms with E-state index in [0.29, 0.717) is 26.1 Å². The standard InChI is InChI=1S/C28H46N6O3.2H2/c1-21(2)31-20-32-25(27(36)37-28(4,5)6)14-18-34(19-16-29-22(3)35)17-8-7-11-24-13-12-23-10-9-15-30-26(23)33-24;;/h12-13,20,25H,1,7-11,14-19H2,2-6H3,(H,29,35)(H,30,33)(H,31,32);2*1H/t25-;;/m0../s1. The maximum Gasteiger partial charge on any atom is 0.331 e. The van der Waals surface area contributed by atoms with Crippen molar-refractivity contribution in [3.05, 3.63) is 35.7 Å². The quantitative estimate of drug-likeness (QED) is 0.140. The second kappa shape index (κ2) is 15.3. The first-order valence-corrected chi connectivity index (χ1v) is 13.4. The lowest BCUT2D eigenvalue weighted by Gasteiger charge is -2.26. The van der Waals surface area contributed by atoms with Crippen LogP contribution in [0.1, 0.15) is 74.4 Å². The van der Waals surface area contributed by atoms with E-state index in [1.54, 1.807) is 0 Å². The van der Waals surface area contributed by atoms with Crippen molar-refractivity contribution in [2.75, 3.05) is 38.0 Å². The van der Waals surface area contributed by atoms with Crippen molar-refractivity contribution in [2.24, 2.45) is 4.99 Å². The molecule has 2 heterocycles. The molecule has 0 aromatic carbocycles. The Morgan fingerprint density at radius 1 is 1.27 bits per heavy atom. The lowest BCUT2D eigenvalue weighted by molar-refractivity contribution is -0.156. The number of rotatable bonds is 15. The van der Waals surface area contributed by atoms with E-state index < -0.39 is 11.6 Å². The molecular formula is C28H50N6O3. The Morgan fingerprint density at radius 3 is 2.76 bits per heavy atom. The molecule has 9 heteroatoms. The molecule has 9 nitrogen and oxygen atoms in total. The topological polar surface area (TPSA) is 108 Å². The summed E-state index contributed by atoms with van der Waals surface area (Å²) in [6.45, 7) is 16.5. The molecule has 2 rings (SSSR count). The van der Waals surface area contributed by atoms with Crippen LogP contribution < -0.4 is 16.0 Å². The van der Waals surface area contributed by atoms with Gasteiger partial charge in [0.25, 0.3) is 0 Å². The number of pyridine rings is 1. The van der Waals surface area contributed by atoms with Gasteiger partial charge in [-0.1, -0.05) is 12.6 Å². The fraction of sp³-hybridized carbons (Fsp3) is 0.643. The van der Waals surface area contributed by atoms with Gasteiger partial charge in [-0.25, -0.2) is 9.78 Å². The summed E-state index contributed by atoms with van der Waals surface area (Å²) in [6.07, 6.45) is 7.21. The molecule has 0 saturated carbocycles. The Hall–Kier alpha value is -2.94. The number of aryl methyl sites for hydroxylation is 2. The van der Waals surface area contributed by atoms with Crippen molar-refractivity contribution in [1.82, 2.24) is 20.5 Å². The van der Waals surface area contributed by atoms with Gasteiger partial charge in [0.1, 0.15) is 11.4 Å². The zero-order valence-electron chi connectivity index (χ0n) is 23.4. The molecule has 210 valence electrons. The third kappa shape index (κ3) is 12.7. The normalized spacial score (nSPS) is 14.1. The number of carbonyl (C=O) groups excluding carboxylic acids is 2. The average Bonchev–Trinajstić information content (AvgIpc) is 2.81. The molecule has 1 aromatic heterocycles. The van der Waals surface area contributed by atoms with Crippen LogP contribution in [0.15, 0.2) is 29.4 Å². The number of nitrogens with zero attached hydrogens (tertiary/aromatic N) is 3. The SMILES string of the molecule is C=C(C)NC=N[C@@H](CCN(CCCCc1ccc2c(n1)NCCC2)CCNC(C)=O)C(=O)OC(C)(C)C.[HH].[HH]. The summed E-state index contributed by atoms with van der Waals surface area (Å²) in [6, 6.07) is 3.72. The maximum atomic E-state index is 12.8. The predicted molar refractivity (Wildman–Crippen MR) is 154 cm³/mol. The largest absolute Gasteiger partial charge is 0.458 e. The number of ether oxygens (including phenoxy) is 1. The first-order valence-electron chi connectivity index (χ1n) is 13.4. The molecule has 3 N–H and O–H groups in total. The van der Waals surface area contributed by atoms with E-state index >= 15 is 0 Å². The highest BCUT2D eigenvalue weighted by Crippen LogP contribution is 2.20. The van der Waals surface area contributed by atoms with E-state index in [2.05, 4.69) is 44.6 Å². The van der Waals surface area contributed by atoms with Crippen molar-refractivity contribution in [2.45, 2.75) is 84.8 Å². The minimum atomic E-state index is -0.624. The van der Waals surface area contributed by atoms with Gasteiger partial charge in [-0.2, -0.15) is 0 Å². The Kier molecular flexibility index (Phi) is 12.6. The number of hydrogen-bond donors (Lipinski definition) is 3. The van der Waals surface area contributed by atoms with Crippen LogP contribution in [0.2, 0.25) is 0 Å². The third-order valence-corrected chi connectivity index (χ3v) is 5.87. The Morgan fingerprint density at radius 2 is 2.05 bits per heavy atom. The number of fused-ring (bicyclic) bond motifs is 1. The van der Waals surface area contributed by atoms with E-state index in [-0.39, 0.29) is 14.7 Å². The van der Waals surface area contributed by atoms with Gasteiger partial charge in [0.2, 0.25) is 5.91 Å². The molecule has 0 radical (unpaired) electrons. The van der Waals surface area contributed by atoms with Crippen LogP contribution in [0.25, 0.3) is 0 Å². The van der Waals surface area contributed by atoms with Crippen LogP contribution in [0.5, 0.6) is 0 Å². The molecule has 1 aliphatic rings. The lowest BCUT2D eigenvalue weighted by Crippen LogP contribution is -2.38.